The van der Waals surface area contributed by atoms with E-state index in [4.69, 9.17) is 0 Å². The topological polar surface area (TPSA) is 40.5 Å². The van der Waals surface area contributed by atoms with Crippen molar-refractivity contribution in [1.29, 1.82) is 0 Å². The number of hydrogen-bond donors (Lipinski definition) is 2. The van der Waals surface area contributed by atoms with E-state index in [-0.39, 0.29) is 10.8 Å². The summed E-state index contributed by atoms with van der Waals surface area (Å²) in [5, 5.41) is 19.4. The molecule has 118 valence electrons. The van der Waals surface area contributed by atoms with Crippen molar-refractivity contribution in [3.05, 3.63) is 59.7 Å². The third-order valence-electron chi connectivity index (χ3n) is 6.97. The van der Waals surface area contributed by atoms with Gasteiger partial charge in [0.05, 0.1) is 0 Å². The molecule has 4 aliphatic carbocycles. The van der Waals surface area contributed by atoms with Crippen LogP contribution in [0.4, 0.5) is 0 Å². The van der Waals surface area contributed by atoms with Crippen molar-refractivity contribution in [3.8, 4) is 11.5 Å². The zero-order valence-electron chi connectivity index (χ0n) is 13.2. The van der Waals surface area contributed by atoms with E-state index in [1.54, 1.807) is 0 Å². The molecular weight excluding hydrogens is 284 g/mol. The molecule has 6 rings (SSSR count). The number of rotatable bonds is 2. The van der Waals surface area contributed by atoms with E-state index >= 15 is 0 Å². The van der Waals surface area contributed by atoms with Gasteiger partial charge in [0.25, 0.3) is 0 Å². The maximum absolute atomic E-state index is 9.68. The van der Waals surface area contributed by atoms with Crippen molar-refractivity contribution in [1.82, 2.24) is 0 Å². The van der Waals surface area contributed by atoms with E-state index in [1.807, 2.05) is 24.3 Å². The first kappa shape index (κ1) is 13.5. The molecular formula is C21H22O2. The Morgan fingerprint density at radius 2 is 0.957 bits per heavy atom. The Morgan fingerprint density at radius 3 is 1.30 bits per heavy atom. The van der Waals surface area contributed by atoms with Gasteiger partial charge in [-0.15, -0.1) is 0 Å². The molecule has 0 saturated heterocycles. The highest BCUT2D eigenvalue weighted by molar-refractivity contribution is 5.47. The summed E-state index contributed by atoms with van der Waals surface area (Å²) in [5.41, 5.74) is 3.22. The first-order chi connectivity index (χ1) is 11.1. The van der Waals surface area contributed by atoms with E-state index in [0.29, 0.717) is 11.5 Å². The predicted octanol–water partition coefficient (Wildman–Crippen LogP) is 4.50. The number of aromatic hydroxyl groups is 2. The van der Waals surface area contributed by atoms with Crippen LogP contribution in [0.2, 0.25) is 0 Å². The van der Waals surface area contributed by atoms with E-state index < -0.39 is 0 Å². The number of benzene rings is 2. The van der Waals surface area contributed by atoms with Gasteiger partial charge in [-0.25, -0.2) is 0 Å². The summed E-state index contributed by atoms with van der Waals surface area (Å²) in [7, 11) is 0. The lowest BCUT2D eigenvalue weighted by Gasteiger charge is -2.42. The molecule has 4 fully saturated rings. The van der Waals surface area contributed by atoms with Gasteiger partial charge in [-0.1, -0.05) is 24.3 Å². The van der Waals surface area contributed by atoms with Crippen LogP contribution in [0, 0.1) is 11.8 Å². The van der Waals surface area contributed by atoms with Crippen molar-refractivity contribution in [2.75, 3.05) is 0 Å². The highest BCUT2D eigenvalue weighted by Gasteiger charge is 2.67. The van der Waals surface area contributed by atoms with Gasteiger partial charge in [-0.2, -0.15) is 0 Å². The maximum atomic E-state index is 9.68. The molecule has 2 N–H and O–H groups in total. The molecule has 0 heterocycles. The van der Waals surface area contributed by atoms with Gasteiger partial charge in [0.15, 0.2) is 0 Å². The minimum atomic E-state index is 0.214. The fourth-order valence-corrected chi connectivity index (χ4v) is 6.45. The van der Waals surface area contributed by atoms with Crippen LogP contribution in [-0.4, -0.2) is 10.2 Å². The molecule has 2 aromatic rings. The smallest absolute Gasteiger partial charge is 0.115 e. The Hall–Kier alpha value is -1.96. The second-order valence-electron chi connectivity index (χ2n) is 8.04. The molecule has 0 atom stereocenters. The molecule has 4 aliphatic rings. The summed E-state index contributed by atoms with van der Waals surface area (Å²) in [6.07, 6.45) is 6.48. The van der Waals surface area contributed by atoms with Crippen LogP contribution in [0.3, 0.4) is 0 Å². The minimum Gasteiger partial charge on any atom is -0.508 e. The SMILES string of the molecule is Oc1ccc(C23CC4CC(C2)CC3(c2ccc(O)cc2)C4)cc1. The lowest BCUT2D eigenvalue weighted by molar-refractivity contribution is 0.263. The molecule has 0 aliphatic heterocycles. The van der Waals surface area contributed by atoms with Gasteiger partial charge in [-0.05, 0) is 79.3 Å². The first-order valence-electron chi connectivity index (χ1n) is 8.70. The van der Waals surface area contributed by atoms with Gasteiger partial charge < -0.3 is 10.2 Å². The molecule has 0 unspecified atom stereocenters. The summed E-state index contributed by atoms with van der Waals surface area (Å²) < 4.78 is 0. The van der Waals surface area contributed by atoms with Crippen LogP contribution in [0.25, 0.3) is 0 Å². The molecule has 2 heteroatoms. The summed E-state index contributed by atoms with van der Waals surface area (Å²) in [5.74, 6) is 2.35. The number of hydrogen-bond acceptors (Lipinski definition) is 2. The first-order valence-corrected chi connectivity index (χ1v) is 8.70. The second-order valence-corrected chi connectivity index (χ2v) is 8.04. The third-order valence-corrected chi connectivity index (χ3v) is 6.97. The minimum absolute atomic E-state index is 0.214. The van der Waals surface area contributed by atoms with Crippen molar-refractivity contribution >= 4 is 0 Å². The van der Waals surface area contributed by atoms with Gasteiger partial charge in [0.2, 0.25) is 0 Å². The van der Waals surface area contributed by atoms with Crippen LogP contribution < -0.4 is 0 Å². The fraction of sp³-hybridized carbons (Fsp3) is 0.429. The molecule has 0 spiro atoms. The van der Waals surface area contributed by atoms with E-state index in [9.17, 15) is 10.2 Å². The summed E-state index contributed by atoms with van der Waals surface area (Å²) in [6.45, 7) is 0. The van der Waals surface area contributed by atoms with Crippen molar-refractivity contribution in [2.24, 2.45) is 11.8 Å². The normalized spacial score (nSPS) is 37.4. The second kappa shape index (κ2) is 4.31. The Bertz CT molecular complexity index is 667. The zero-order chi connectivity index (χ0) is 15.7. The van der Waals surface area contributed by atoms with Crippen LogP contribution >= 0.6 is 0 Å². The van der Waals surface area contributed by atoms with Gasteiger partial charge in [0, 0.05) is 10.8 Å². The zero-order valence-corrected chi connectivity index (χ0v) is 13.2. The summed E-state index contributed by atoms with van der Waals surface area (Å²) >= 11 is 0. The molecule has 2 nitrogen and oxygen atoms in total. The molecule has 4 bridgehead atoms. The maximum Gasteiger partial charge on any atom is 0.115 e. The van der Waals surface area contributed by atoms with Crippen molar-refractivity contribution < 1.29 is 10.2 Å². The van der Waals surface area contributed by atoms with Crippen LogP contribution in [-0.2, 0) is 10.8 Å². The fourth-order valence-electron chi connectivity index (χ4n) is 6.45. The molecule has 23 heavy (non-hydrogen) atoms. The van der Waals surface area contributed by atoms with Gasteiger partial charge in [0.1, 0.15) is 11.5 Å². The highest BCUT2D eigenvalue weighted by atomic mass is 16.3. The van der Waals surface area contributed by atoms with Crippen LogP contribution in [0.5, 0.6) is 11.5 Å². The standard InChI is InChI=1S/C21H22O2/c22-18-5-1-16(2-6-18)20-10-14-9-15(11-20)13-21(20,12-14)17-3-7-19(23)8-4-17/h1-8,14-15,22-23H,9-13H2. The Kier molecular flexibility index (Phi) is 2.53. The van der Waals surface area contributed by atoms with Gasteiger partial charge >= 0.3 is 0 Å². The highest BCUT2D eigenvalue weighted by Crippen LogP contribution is 2.72. The Balaban J connectivity index is 1.70. The Labute approximate surface area is 136 Å². The van der Waals surface area contributed by atoms with Crippen LogP contribution in [0.1, 0.15) is 43.2 Å². The van der Waals surface area contributed by atoms with E-state index in [1.165, 1.54) is 43.2 Å². The van der Waals surface area contributed by atoms with Crippen molar-refractivity contribution in [3.63, 3.8) is 0 Å². The summed E-state index contributed by atoms with van der Waals surface area (Å²) in [6, 6.07) is 15.9. The average Bonchev–Trinajstić information content (AvgIpc) is 2.90. The number of phenolic OH excluding ortho intramolecular Hbond substituents is 2. The lowest BCUT2D eigenvalue weighted by Crippen LogP contribution is -2.40. The monoisotopic (exact) mass is 306 g/mol. The van der Waals surface area contributed by atoms with Crippen LogP contribution in [0.15, 0.2) is 48.5 Å². The molecule has 0 aromatic heterocycles. The molecule has 4 saturated carbocycles. The quantitative estimate of drug-likeness (QED) is 0.858. The van der Waals surface area contributed by atoms with E-state index in [2.05, 4.69) is 24.3 Å². The summed E-state index contributed by atoms with van der Waals surface area (Å²) in [4.78, 5) is 0. The lowest BCUT2D eigenvalue weighted by atomic mass is 9.61. The largest absolute Gasteiger partial charge is 0.508 e. The predicted molar refractivity (Wildman–Crippen MR) is 89.6 cm³/mol. The van der Waals surface area contributed by atoms with Crippen molar-refractivity contribution in [2.45, 2.75) is 42.9 Å². The molecule has 0 amide bonds. The third kappa shape index (κ3) is 1.64. The number of phenols is 2. The molecule has 2 aromatic carbocycles. The average molecular weight is 306 g/mol. The van der Waals surface area contributed by atoms with E-state index in [0.717, 1.165) is 11.8 Å². The Morgan fingerprint density at radius 1 is 0.609 bits per heavy atom. The molecule has 0 radical (unpaired) electrons. The van der Waals surface area contributed by atoms with Gasteiger partial charge in [-0.3, -0.25) is 0 Å².